The van der Waals surface area contributed by atoms with Crippen LogP contribution in [0.2, 0.25) is 0 Å². The smallest absolute Gasteiger partial charge is 0.244 e. The first-order valence-electron chi connectivity index (χ1n) is 13.0. The molecule has 38 heavy (non-hydrogen) atoms. The Morgan fingerprint density at radius 2 is 1.74 bits per heavy atom. The van der Waals surface area contributed by atoms with Gasteiger partial charge in [0.15, 0.2) is 0 Å². The number of fused-ring (bicyclic) bond motifs is 1. The Bertz CT molecular complexity index is 1210. The number of nitrogens with one attached hydrogen (secondary N) is 2. The minimum Gasteiger partial charge on any atom is -0.394 e. The molecule has 3 fully saturated rings. The number of carbonyl (C=O) groups is 3. The summed E-state index contributed by atoms with van der Waals surface area (Å²) >= 11 is 5.39. The summed E-state index contributed by atoms with van der Waals surface area (Å²) in [4.78, 5) is 43.6. The standard InChI is InChI=1S/C29H34BrN3O4S/c1-28(2,3)32-26(36)24-29-15-20(30)23(38-29)21(25(35)31-18-12-8-5-9-13-18)22(29)27(37)33(24)19(16-34)14-17-10-6-4-7-11-17/h4-13,19-24,34H,14-16H2,1-3H3,(H,31,35)(H,32,36)/t19-,20?,21+,22+,23+,24?,29?/m1/s1. The Morgan fingerprint density at radius 1 is 1.11 bits per heavy atom. The number of amides is 3. The number of aliphatic hydroxyl groups is 1. The number of thioether (sulfide) groups is 1. The minimum absolute atomic E-state index is 0.0188. The molecular formula is C29H34BrN3O4S. The second-order valence-corrected chi connectivity index (χ2v) is 14.2. The highest BCUT2D eigenvalue weighted by Gasteiger charge is 2.76. The van der Waals surface area contributed by atoms with E-state index in [0.29, 0.717) is 18.5 Å². The van der Waals surface area contributed by atoms with Crippen molar-refractivity contribution in [3.63, 3.8) is 0 Å². The lowest BCUT2D eigenvalue weighted by atomic mass is 9.70. The summed E-state index contributed by atoms with van der Waals surface area (Å²) in [6.45, 7) is 5.46. The highest BCUT2D eigenvalue weighted by Crippen LogP contribution is 2.68. The summed E-state index contributed by atoms with van der Waals surface area (Å²) < 4.78 is -0.770. The number of carbonyl (C=O) groups excluding carboxylic acids is 3. The average molecular weight is 601 g/mol. The van der Waals surface area contributed by atoms with E-state index in [1.807, 2.05) is 81.4 Å². The highest BCUT2D eigenvalue weighted by molar-refractivity contribution is 9.09. The molecule has 5 rings (SSSR count). The van der Waals surface area contributed by atoms with E-state index < -0.39 is 34.2 Å². The third kappa shape index (κ3) is 4.77. The summed E-state index contributed by atoms with van der Waals surface area (Å²) in [5.74, 6) is -1.93. The van der Waals surface area contributed by atoms with Gasteiger partial charge in [-0.25, -0.2) is 0 Å². The molecule has 3 N–H and O–H groups in total. The van der Waals surface area contributed by atoms with Gasteiger partial charge < -0.3 is 20.6 Å². The minimum atomic E-state index is -0.801. The van der Waals surface area contributed by atoms with E-state index in [-0.39, 0.29) is 34.4 Å². The maximum absolute atomic E-state index is 14.3. The first-order valence-corrected chi connectivity index (χ1v) is 14.8. The summed E-state index contributed by atoms with van der Waals surface area (Å²) in [6.07, 6.45) is 1.01. The van der Waals surface area contributed by atoms with Crippen LogP contribution in [0.5, 0.6) is 0 Å². The van der Waals surface area contributed by atoms with Crippen molar-refractivity contribution in [2.24, 2.45) is 11.8 Å². The van der Waals surface area contributed by atoms with Crippen LogP contribution in [-0.2, 0) is 20.8 Å². The lowest BCUT2D eigenvalue weighted by molar-refractivity contribution is -0.142. The van der Waals surface area contributed by atoms with Crippen molar-refractivity contribution >= 4 is 51.1 Å². The molecule has 0 aromatic heterocycles. The number of para-hydroxylation sites is 1. The van der Waals surface area contributed by atoms with E-state index in [9.17, 15) is 19.5 Å². The highest BCUT2D eigenvalue weighted by atomic mass is 79.9. The number of hydrogen-bond acceptors (Lipinski definition) is 5. The number of halogens is 1. The van der Waals surface area contributed by atoms with Crippen molar-refractivity contribution in [3.05, 3.63) is 66.2 Å². The molecule has 7 nitrogen and oxygen atoms in total. The molecule has 202 valence electrons. The molecule has 2 aromatic rings. The van der Waals surface area contributed by atoms with E-state index in [4.69, 9.17) is 0 Å². The van der Waals surface area contributed by atoms with E-state index in [0.717, 1.165) is 5.56 Å². The zero-order chi connectivity index (χ0) is 27.2. The van der Waals surface area contributed by atoms with Crippen LogP contribution in [-0.4, -0.2) is 66.8 Å². The lowest BCUT2D eigenvalue weighted by Crippen LogP contribution is -2.59. The van der Waals surface area contributed by atoms with Gasteiger partial charge in [0, 0.05) is 21.3 Å². The molecule has 0 saturated carbocycles. The topological polar surface area (TPSA) is 98.7 Å². The molecule has 2 bridgehead atoms. The molecule has 2 aromatic carbocycles. The predicted molar refractivity (Wildman–Crippen MR) is 153 cm³/mol. The second-order valence-electron chi connectivity index (χ2n) is 11.5. The van der Waals surface area contributed by atoms with Gasteiger partial charge in [0.25, 0.3) is 0 Å². The fourth-order valence-corrected chi connectivity index (χ4v) is 9.98. The SMILES string of the molecule is CC(C)(C)NC(=O)C1N([C@@H](CO)Cc2ccccc2)C(=O)[C@@H]2[C@H](C(=O)Nc3ccccc3)[C@H]3SC12CC3Br. The maximum Gasteiger partial charge on any atom is 0.244 e. The normalized spacial score (nSPS) is 30.7. The molecule has 3 aliphatic heterocycles. The molecule has 3 saturated heterocycles. The third-order valence-corrected chi connectivity index (χ3v) is 11.0. The molecule has 1 spiro atoms. The van der Waals surface area contributed by atoms with Gasteiger partial charge in [0.05, 0.1) is 29.2 Å². The quantitative estimate of drug-likeness (QED) is 0.422. The van der Waals surface area contributed by atoms with Crippen LogP contribution >= 0.6 is 27.7 Å². The zero-order valence-electron chi connectivity index (χ0n) is 21.8. The van der Waals surface area contributed by atoms with Crippen molar-refractivity contribution in [1.29, 1.82) is 0 Å². The fourth-order valence-electron chi connectivity index (χ4n) is 6.38. The van der Waals surface area contributed by atoms with Crippen LogP contribution < -0.4 is 10.6 Å². The molecule has 3 amide bonds. The van der Waals surface area contributed by atoms with E-state index in [1.54, 1.807) is 16.7 Å². The van der Waals surface area contributed by atoms with E-state index >= 15 is 0 Å². The first-order chi connectivity index (χ1) is 18.1. The molecule has 0 aliphatic carbocycles. The average Bonchev–Trinajstić information content (AvgIpc) is 3.46. The lowest BCUT2D eigenvalue weighted by Gasteiger charge is -2.39. The van der Waals surface area contributed by atoms with Gasteiger partial charge in [-0.05, 0) is 51.3 Å². The van der Waals surface area contributed by atoms with Crippen molar-refractivity contribution < 1.29 is 19.5 Å². The van der Waals surface area contributed by atoms with Gasteiger partial charge in [-0.2, -0.15) is 0 Å². The molecule has 3 aliphatic rings. The fraction of sp³-hybridized carbons (Fsp3) is 0.483. The molecular weight excluding hydrogens is 566 g/mol. The van der Waals surface area contributed by atoms with Gasteiger partial charge in [-0.15, -0.1) is 11.8 Å². The first kappa shape index (κ1) is 27.2. The van der Waals surface area contributed by atoms with Crippen molar-refractivity contribution in [2.45, 2.75) is 66.1 Å². The summed E-state index contributed by atoms with van der Waals surface area (Å²) in [6, 6.07) is 17.5. The largest absolute Gasteiger partial charge is 0.394 e. The summed E-state index contributed by atoms with van der Waals surface area (Å²) in [5, 5.41) is 16.5. The molecule has 0 radical (unpaired) electrons. The van der Waals surface area contributed by atoms with Gasteiger partial charge in [-0.3, -0.25) is 14.4 Å². The summed E-state index contributed by atoms with van der Waals surface area (Å²) in [5.41, 5.74) is 1.14. The number of rotatable bonds is 7. The predicted octanol–water partition coefficient (Wildman–Crippen LogP) is 3.61. The Labute approximate surface area is 236 Å². The number of likely N-dealkylation sites (tertiary alicyclic amines) is 1. The Balaban J connectivity index is 1.54. The third-order valence-electron chi connectivity index (χ3n) is 7.74. The van der Waals surface area contributed by atoms with Crippen LogP contribution in [0.1, 0.15) is 32.8 Å². The van der Waals surface area contributed by atoms with Gasteiger partial charge >= 0.3 is 0 Å². The number of nitrogens with zero attached hydrogens (tertiary/aromatic N) is 1. The van der Waals surface area contributed by atoms with Crippen LogP contribution in [0.3, 0.4) is 0 Å². The van der Waals surface area contributed by atoms with Crippen molar-refractivity contribution in [1.82, 2.24) is 10.2 Å². The molecule has 3 heterocycles. The Hall–Kier alpha value is -2.36. The second kappa shape index (κ2) is 10.3. The van der Waals surface area contributed by atoms with Crippen LogP contribution in [0, 0.1) is 11.8 Å². The maximum atomic E-state index is 14.3. The van der Waals surface area contributed by atoms with E-state index in [2.05, 4.69) is 26.6 Å². The number of aliphatic hydroxyl groups excluding tert-OH is 1. The number of alkyl halides is 1. The molecule has 3 unspecified atom stereocenters. The number of benzene rings is 2. The monoisotopic (exact) mass is 599 g/mol. The van der Waals surface area contributed by atoms with E-state index in [1.165, 1.54) is 0 Å². The van der Waals surface area contributed by atoms with Crippen molar-refractivity contribution in [3.8, 4) is 0 Å². The Morgan fingerprint density at radius 3 is 2.34 bits per heavy atom. The van der Waals surface area contributed by atoms with Crippen LogP contribution in [0.4, 0.5) is 5.69 Å². The number of hydrogen-bond donors (Lipinski definition) is 3. The Kier molecular flexibility index (Phi) is 7.39. The van der Waals surface area contributed by atoms with Crippen molar-refractivity contribution in [2.75, 3.05) is 11.9 Å². The molecule has 9 heteroatoms. The van der Waals surface area contributed by atoms with Crippen LogP contribution in [0.25, 0.3) is 0 Å². The zero-order valence-corrected chi connectivity index (χ0v) is 24.2. The molecule has 7 atom stereocenters. The summed E-state index contributed by atoms with van der Waals surface area (Å²) in [7, 11) is 0. The van der Waals surface area contributed by atoms with Gasteiger partial charge in [0.1, 0.15) is 6.04 Å². The van der Waals surface area contributed by atoms with Crippen LogP contribution in [0.15, 0.2) is 60.7 Å². The number of anilines is 1. The van der Waals surface area contributed by atoms with Gasteiger partial charge in [0.2, 0.25) is 17.7 Å². The van der Waals surface area contributed by atoms with Gasteiger partial charge in [-0.1, -0.05) is 64.5 Å².